The van der Waals surface area contributed by atoms with Crippen LogP contribution in [0.4, 0.5) is 0 Å². The highest BCUT2D eigenvalue weighted by Gasteiger charge is 2.21. The standard InChI is InChI=1S/C14H22OSSi/c1-17(2,3)15-10-8-12-9-11-16-14-7-5-4-6-13(12)14/h4-7,12H,8-11H2,1-3H3. The first kappa shape index (κ1) is 13.2. The van der Waals surface area contributed by atoms with Crippen molar-refractivity contribution in [2.24, 2.45) is 0 Å². The minimum absolute atomic E-state index is 0.712. The molecule has 0 saturated carbocycles. The van der Waals surface area contributed by atoms with E-state index in [1.54, 1.807) is 5.56 Å². The van der Waals surface area contributed by atoms with Crippen LogP contribution in [0, 0.1) is 0 Å². The predicted octanol–water partition coefficient (Wildman–Crippen LogP) is 4.51. The molecule has 0 N–H and O–H groups in total. The number of hydrogen-bond acceptors (Lipinski definition) is 2. The third kappa shape index (κ3) is 3.87. The molecule has 2 rings (SSSR count). The van der Waals surface area contributed by atoms with Crippen molar-refractivity contribution in [1.82, 2.24) is 0 Å². The molecule has 1 aliphatic heterocycles. The van der Waals surface area contributed by atoms with Gasteiger partial charge in [0.2, 0.25) is 0 Å². The Morgan fingerprint density at radius 3 is 2.82 bits per heavy atom. The van der Waals surface area contributed by atoms with E-state index in [1.807, 2.05) is 11.8 Å². The van der Waals surface area contributed by atoms with Gasteiger partial charge >= 0.3 is 0 Å². The van der Waals surface area contributed by atoms with Crippen LogP contribution >= 0.6 is 11.8 Å². The van der Waals surface area contributed by atoms with E-state index in [4.69, 9.17) is 4.43 Å². The summed E-state index contributed by atoms with van der Waals surface area (Å²) in [5.41, 5.74) is 1.54. The molecule has 0 aromatic heterocycles. The second-order valence-electron chi connectivity index (χ2n) is 5.62. The van der Waals surface area contributed by atoms with Crippen LogP contribution in [0.25, 0.3) is 0 Å². The Morgan fingerprint density at radius 2 is 2.06 bits per heavy atom. The van der Waals surface area contributed by atoms with E-state index < -0.39 is 8.32 Å². The van der Waals surface area contributed by atoms with E-state index in [0.717, 1.165) is 6.61 Å². The fourth-order valence-corrected chi connectivity index (χ4v) is 4.15. The van der Waals surface area contributed by atoms with Crippen molar-refractivity contribution in [2.45, 2.75) is 43.3 Å². The SMILES string of the molecule is C[Si](C)(C)OCCC1CCSc2ccccc21. The first-order chi connectivity index (χ1) is 8.06. The highest BCUT2D eigenvalue weighted by atomic mass is 32.2. The van der Waals surface area contributed by atoms with Gasteiger partial charge in [0, 0.05) is 11.5 Å². The fourth-order valence-electron chi connectivity index (χ4n) is 2.22. The molecule has 0 aliphatic carbocycles. The average molecular weight is 266 g/mol. The molecular weight excluding hydrogens is 244 g/mol. The van der Waals surface area contributed by atoms with E-state index in [2.05, 4.69) is 43.9 Å². The minimum Gasteiger partial charge on any atom is -0.418 e. The summed E-state index contributed by atoms with van der Waals surface area (Å²) in [6.45, 7) is 7.71. The van der Waals surface area contributed by atoms with Gasteiger partial charge in [-0.3, -0.25) is 0 Å². The molecule has 0 saturated heterocycles. The first-order valence-electron chi connectivity index (χ1n) is 6.42. The first-order valence-corrected chi connectivity index (χ1v) is 10.8. The third-order valence-electron chi connectivity index (χ3n) is 3.08. The van der Waals surface area contributed by atoms with Crippen molar-refractivity contribution in [3.63, 3.8) is 0 Å². The van der Waals surface area contributed by atoms with Crippen molar-refractivity contribution in [1.29, 1.82) is 0 Å². The van der Waals surface area contributed by atoms with Gasteiger partial charge in [0.15, 0.2) is 8.32 Å². The van der Waals surface area contributed by atoms with Gasteiger partial charge in [0.1, 0.15) is 0 Å². The van der Waals surface area contributed by atoms with Gasteiger partial charge < -0.3 is 4.43 Å². The van der Waals surface area contributed by atoms with Gasteiger partial charge in [0.25, 0.3) is 0 Å². The third-order valence-corrected chi connectivity index (χ3v) is 5.28. The molecule has 1 aromatic rings. The summed E-state index contributed by atoms with van der Waals surface area (Å²) in [6, 6.07) is 8.86. The maximum absolute atomic E-state index is 5.98. The zero-order valence-corrected chi connectivity index (χ0v) is 12.8. The van der Waals surface area contributed by atoms with Crippen LogP contribution in [0.2, 0.25) is 19.6 Å². The lowest BCUT2D eigenvalue weighted by atomic mass is 9.93. The van der Waals surface area contributed by atoms with Crippen LogP contribution in [-0.2, 0) is 4.43 Å². The Labute approximate surface area is 110 Å². The van der Waals surface area contributed by atoms with Gasteiger partial charge in [-0.25, -0.2) is 0 Å². The molecule has 1 nitrogen and oxygen atoms in total. The molecule has 1 heterocycles. The molecule has 0 bridgehead atoms. The van der Waals surface area contributed by atoms with Crippen molar-refractivity contribution in [3.05, 3.63) is 29.8 Å². The maximum Gasteiger partial charge on any atom is 0.183 e. The second-order valence-corrected chi connectivity index (χ2v) is 11.3. The Hall–Kier alpha value is -0.253. The topological polar surface area (TPSA) is 9.23 Å². The molecule has 17 heavy (non-hydrogen) atoms. The molecule has 94 valence electrons. The molecule has 1 aliphatic rings. The van der Waals surface area contributed by atoms with Gasteiger partial charge in [-0.1, -0.05) is 18.2 Å². The molecule has 3 heteroatoms. The lowest BCUT2D eigenvalue weighted by molar-refractivity contribution is 0.289. The summed E-state index contributed by atoms with van der Waals surface area (Å²) in [6.07, 6.45) is 2.48. The molecule has 0 spiro atoms. The van der Waals surface area contributed by atoms with Gasteiger partial charge in [-0.05, 0) is 55.8 Å². The minimum atomic E-state index is -1.34. The quantitative estimate of drug-likeness (QED) is 0.742. The number of hydrogen-bond donors (Lipinski definition) is 0. The van der Waals surface area contributed by atoms with Crippen molar-refractivity contribution in [2.75, 3.05) is 12.4 Å². The van der Waals surface area contributed by atoms with E-state index >= 15 is 0 Å². The zero-order chi connectivity index (χ0) is 12.3. The fraction of sp³-hybridized carbons (Fsp3) is 0.571. The predicted molar refractivity (Wildman–Crippen MR) is 78.4 cm³/mol. The summed E-state index contributed by atoms with van der Waals surface area (Å²) >= 11 is 2.00. The molecule has 1 aromatic carbocycles. The lowest BCUT2D eigenvalue weighted by Crippen LogP contribution is -2.26. The Bertz CT molecular complexity index is 373. The van der Waals surface area contributed by atoms with Gasteiger partial charge in [-0.2, -0.15) is 0 Å². The highest BCUT2D eigenvalue weighted by molar-refractivity contribution is 7.99. The number of fused-ring (bicyclic) bond motifs is 1. The molecule has 1 unspecified atom stereocenters. The Balaban J connectivity index is 1.95. The highest BCUT2D eigenvalue weighted by Crippen LogP contribution is 2.38. The monoisotopic (exact) mass is 266 g/mol. The van der Waals surface area contributed by atoms with Crippen molar-refractivity contribution >= 4 is 20.1 Å². The molecular formula is C14H22OSSi. The van der Waals surface area contributed by atoms with Crippen LogP contribution in [0.1, 0.15) is 24.3 Å². The molecule has 1 atom stereocenters. The van der Waals surface area contributed by atoms with E-state index in [-0.39, 0.29) is 0 Å². The van der Waals surface area contributed by atoms with Crippen LogP contribution in [0.5, 0.6) is 0 Å². The molecule has 0 fully saturated rings. The van der Waals surface area contributed by atoms with Gasteiger partial charge in [-0.15, -0.1) is 11.8 Å². The number of rotatable bonds is 4. The number of thioether (sulfide) groups is 1. The van der Waals surface area contributed by atoms with Gasteiger partial charge in [0.05, 0.1) is 0 Å². The lowest BCUT2D eigenvalue weighted by Gasteiger charge is -2.26. The van der Waals surface area contributed by atoms with E-state index in [9.17, 15) is 0 Å². The van der Waals surface area contributed by atoms with E-state index in [0.29, 0.717) is 5.92 Å². The summed E-state index contributed by atoms with van der Waals surface area (Å²) < 4.78 is 5.98. The van der Waals surface area contributed by atoms with Crippen LogP contribution in [-0.4, -0.2) is 20.7 Å². The van der Waals surface area contributed by atoms with Crippen LogP contribution in [0.3, 0.4) is 0 Å². The summed E-state index contributed by atoms with van der Waals surface area (Å²) in [5.74, 6) is 1.97. The normalized spacial score (nSPS) is 20.1. The largest absolute Gasteiger partial charge is 0.418 e. The summed E-state index contributed by atoms with van der Waals surface area (Å²) in [4.78, 5) is 1.48. The molecule has 0 radical (unpaired) electrons. The van der Waals surface area contributed by atoms with Crippen LogP contribution < -0.4 is 0 Å². The summed E-state index contributed by atoms with van der Waals surface area (Å²) in [7, 11) is -1.34. The second kappa shape index (κ2) is 5.59. The maximum atomic E-state index is 5.98. The van der Waals surface area contributed by atoms with E-state index in [1.165, 1.54) is 23.5 Å². The van der Waals surface area contributed by atoms with Crippen molar-refractivity contribution in [3.8, 4) is 0 Å². The smallest absolute Gasteiger partial charge is 0.183 e. The zero-order valence-electron chi connectivity index (χ0n) is 11.0. The molecule has 0 amide bonds. The van der Waals surface area contributed by atoms with Crippen LogP contribution in [0.15, 0.2) is 29.2 Å². The number of benzene rings is 1. The Kier molecular flexibility index (Phi) is 4.34. The Morgan fingerprint density at radius 1 is 1.29 bits per heavy atom. The average Bonchev–Trinajstić information content (AvgIpc) is 2.28. The summed E-state index contributed by atoms with van der Waals surface area (Å²) in [5, 5.41) is 0. The van der Waals surface area contributed by atoms with Crippen molar-refractivity contribution < 1.29 is 4.43 Å².